The molecule has 0 unspecified atom stereocenters. The maximum absolute atomic E-state index is 13.5. The lowest BCUT2D eigenvalue weighted by molar-refractivity contribution is 0.498. The number of rotatable bonds is 5. The van der Waals surface area contributed by atoms with Crippen LogP contribution in [0.2, 0.25) is 0 Å². The van der Waals surface area contributed by atoms with Crippen LogP contribution in [-0.4, -0.2) is 28.5 Å². The SMILES string of the molecule is CC(C)Cn1c(=O)n(C)c(=O)c2c(-c3cccn3C)n(Cc3c[nH]c4c3CC/C=C\C=CC4)nc21. The van der Waals surface area contributed by atoms with Crippen LogP contribution in [0.4, 0.5) is 0 Å². The normalized spacial score (nSPS) is 14.8. The van der Waals surface area contributed by atoms with Crippen molar-refractivity contribution in [2.45, 2.75) is 46.2 Å². The first-order chi connectivity index (χ1) is 16.9. The molecule has 0 aliphatic heterocycles. The van der Waals surface area contributed by atoms with E-state index < -0.39 is 0 Å². The highest BCUT2D eigenvalue weighted by molar-refractivity contribution is 5.90. The van der Waals surface area contributed by atoms with Crippen LogP contribution in [0.5, 0.6) is 0 Å². The average Bonchev–Trinajstić information content (AvgIpc) is 3.52. The molecule has 0 atom stereocenters. The summed E-state index contributed by atoms with van der Waals surface area (Å²) in [5.74, 6) is 0.228. The van der Waals surface area contributed by atoms with Gasteiger partial charge >= 0.3 is 5.69 Å². The summed E-state index contributed by atoms with van der Waals surface area (Å²) in [7, 11) is 3.51. The van der Waals surface area contributed by atoms with Crippen LogP contribution >= 0.6 is 0 Å². The Kier molecular flexibility index (Phi) is 5.96. The fourth-order valence-corrected chi connectivity index (χ4v) is 4.98. The van der Waals surface area contributed by atoms with Crippen LogP contribution in [-0.2, 0) is 40.0 Å². The van der Waals surface area contributed by atoms with Gasteiger partial charge in [-0.3, -0.25) is 18.6 Å². The van der Waals surface area contributed by atoms with E-state index >= 15 is 0 Å². The molecule has 5 rings (SSSR count). The topological polar surface area (TPSA) is 82.5 Å². The van der Waals surface area contributed by atoms with Gasteiger partial charge in [-0.1, -0.05) is 38.2 Å². The maximum atomic E-state index is 13.5. The molecule has 1 aliphatic carbocycles. The van der Waals surface area contributed by atoms with Gasteiger partial charge in [0, 0.05) is 45.1 Å². The van der Waals surface area contributed by atoms with Crippen LogP contribution in [0.1, 0.15) is 37.1 Å². The number of aryl methyl sites for hydroxylation is 1. The van der Waals surface area contributed by atoms with E-state index in [2.05, 4.69) is 49.3 Å². The molecule has 182 valence electrons. The first kappa shape index (κ1) is 23.0. The van der Waals surface area contributed by atoms with Gasteiger partial charge in [0.05, 0.1) is 12.2 Å². The van der Waals surface area contributed by atoms with Gasteiger partial charge < -0.3 is 9.55 Å². The molecular formula is C27H32N6O2. The number of hydrogen-bond acceptors (Lipinski definition) is 3. The van der Waals surface area contributed by atoms with E-state index in [1.807, 2.05) is 34.6 Å². The molecule has 1 N–H and O–H groups in total. The fourth-order valence-electron chi connectivity index (χ4n) is 4.98. The number of aromatic nitrogens is 6. The quantitative estimate of drug-likeness (QED) is 0.482. The van der Waals surface area contributed by atoms with Crippen LogP contribution in [0.3, 0.4) is 0 Å². The van der Waals surface area contributed by atoms with E-state index in [0.29, 0.717) is 24.1 Å². The van der Waals surface area contributed by atoms with Crippen molar-refractivity contribution in [3.05, 3.63) is 86.5 Å². The lowest BCUT2D eigenvalue weighted by Crippen LogP contribution is -2.38. The molecule has 1 aliphatic rings. The number of hydrogen-bond donors (Lipinski definition) is 1. The fraction of sp³-hybridized carbons (Fsp3) is 0.370. The van der Waals surface area contributed by atoms with Crippen molar-refractivity contribution in [2.24, 2.45) is 20.0 Å². The van der Waals surface area contributed by atoms with E-state index in [4.69, 9.17) is 5.10 Å². The van der Waals surface area contributed by atoms with Gasteiger partial charge in [-0.2, -0.15) is 5.10 Å². The van der Waals surface area contributed by atoms with Gasteiger partial charge in [0.2, 0.25) is 0 Å². The second kappa shape index (κ2) is 9.09. The minimum Gasteiger partial charge on any atom is -0.364 e. The molecule has 0 amide bonds. The first-order valence-electron chi connectivity index (χ1n) is 12.2. The zero-order chi connectivity index (χ0) is 24.7. The predicted molar refractivity (Wildman–Crippen MR) is 139 cm³/mol. The number of fused-ring (bicyclic) bond motifs is 2. The zero-order valence-corrected chi connectivity index (χ0v) is 20.8. The third kappa shape index (κ3) is 4.03. The first-order valence-corrected chi connectivity index (χ1v) is 12.2. The number of nitrogens with one attached hydrogen (secondary N) is 1. The Morgan fingerprint density at radius 1 is 1.14 bits per heavy atom. The lowest BCUT2D eigenvalue weighted by atomic mass is 10.0. The van der Waals surface area contributed by atoms with Gasteiger partial charge in [-0.25, -0.2) is 4.79 Å². The van der Waals surface area contributed by atoms with E-state index in [9.17, 15) is 9.59 Å². The standard InChI is InChI=1S/C27H32N6O2/c1-18(2)16-32-25-23(26(34)31(4)27(32)35)24(22-13-10-14-30(22)3)33(29-25)17-19-15-28-21-12-9-7-5-6-8-11-20(19)21/h5-7,9-10,13-15,18,28H,8,11-12,16-17H2,1-4H3/b6-5-,9-7?. The van der Waals surface area contributed by atoms with Gasteiger partial charge in [-0.05, 0) is 42.0 Å². The molecule has 4 heterocycles. The molecule has 0 saturated carbocycles. The van der Waals surface area contributed by atoms with Crippen LogP contribution in [0.15, 0.2) is 58.4 Å². The Bertz CT molecular complexity index is 1570. The molecule has 0 saturated heterocycles. The monoisotopic (exact) mass is 472 g/mol. The number of aromatic amines is 1. The smallest absolute Gasteiger partial charge is 0.332 e. The van der Waals surface area contributed by atoms with Crippen LogP contribution in [0.25, 0.3) is 22.4 Å². The third-order valence-electron chi connectivity index (χ3n) is 6.72. The summed E-state index contributed by atoms with van der Waals surface area (Å²) in [5.41, 5.74) is 5.09. The highest BCUT2D eigenvalue weighted by atomic mass is 16.2. The summed E-state index contributed by atoms with van der Waals surface area (Å²) in [4.78, 5) is 30.0. The Hall–Kier alpha value is -3.81. The largest absolute Gasteiger partial charge is 0.364 e. The van der Waals surface area contributed by atoms with E-state index in [0.717, 1.165) is 36.2 Å². The van der Waals surface area contributed by atoms with Crippen molar-refractivity contribution in [1.29, 1.82) is 0 Å². The second-order valence-corrected chi connectivity index (χ2v) is 9.73. The summed E-state index contributed by atoms with van der Waals surface area (Å²) in [5, 5.41) is 5.40. The van der Waals surface area contributed by atoms with E-state index in [-0.39, 0.29) is 17.2 Å². The van der Waals surface area contributed by atoms with Gasteiger partial charge in [0.15, 0.2) is 5.65 Å². The highest BCUT2D eigenvalue weighted by Gasteiger charge is 2.24. The van der Waals surface area contributed by atoms with Crippen molar-refractivity contribution in [3.8, 4) is 11.4 Å². The molecule has 0 fully saturated rings. The van der Waals surface area contributed by atoms with Gasteiger partial charge in [0.25, 0.3) is 5.56 Å². The van der Waals surface area contributed by atoms with Crippen LogP contribution in [0, 0.1) is 5.92 Å². The number of nitrogens with zero attached hydrogens (tertiary/aromatic N) is 5. The molecule has 4 aromatic heterocycles. The maximum Gasteiger partial charge on any atom is 0.332 e. The Morgan fingerprint density at radius 3 is 2.69 bits per heavy atom. The molecule has 8 nitrogen and oxygen atoms in total. The summed E-state index contributed by atoms with van der Waals surface area (Å²) >= 11 is 0. The average molecular weight is 473 g/mol. The van der Waals surface area contributed by atoms with Crippen molar-refractivity contribution in [1.82, 2.24) is 28.5 Å². The summed E-state index contributed by atoms with van der Waals surface area (Å²) < 4.78 is 6.74. The molecule has 0 aromatic carbocycles. The van der Waals surface area contributed by atoms with E-state index in [1.165, 1.54) is 15.8 Å². The summed E-state index contributed by atoms with van der Waals surface area (Å²) in [6, 6.07) is 3.95. The van der Waals surface area contributed by atoms with E-state index in [1.54, 1.807) is 11.6 Å². The lowest BCUT2D eigenvalue weighted by Gasteiger charge is -2.11. The van der Waals surface area contributed by atoms with Crippen molar-refractivity contribution >= 4 is 11.0 Å². The van der Waals surface area contributed by atoms with Gasteiger partial charge in [0.1, 0.15) is 11.1 Å². The molecule has 0 bridgehead atoms. The third-order valence-corrected chi connectivity index (χ3v) is 6.72. The van der Waals surface area contributed by atoms with Crippen molar-refractivity contribution < 1.29 is 0 Å². The van der Waals surface area contributed by atoms with Crippen molar-refractivity contribution in [2.75, 3.05) is 0 Å². The number of allylic oxidation sites excluding steroid dienone is 4. The molecule has 0 radical (unpaired) electrons. The minimum absolute atomic E-state index is 0.228. The molecule has 4 aromatic rings. The van der Waals surface area contributed by atoms with Crippen LogP contribution < -0.4 is 11.2 Å². The Balaban J connectivity index is 1.75. The molecule has 8 heteroatoms. The Labute approximate surface area is 203 Å². The number of H-pyrrole nitrogens is 1. The predicted octanol–water partition coefficient (Wildman–Crippen LogP) is 3.54. The molecule has 0 spiro atoms. The van der Waals surface area contributed by atoms with Gasteiger partial charge in [-0.15, -0.1) is 0 Å². The van der Waals surface area contributed by atoms with Crippen molar-refractivity contribution in [3.63, 3.8) is 0 Å². The highest BCUT2D eigenvalue weighted by Crippen LogP contribution is 2.29. The zero-order valence-electron chi connectivity index (χ0n) is 20.8. The molecular weight excluding hydrogens is 440 g/mol. The summed E-state index contributed by atoms with van der Waals surface area (Å²) in [6.45, 7) is 5.11. The second-order valence-electron chi connectivity index (χ2n) is 9.73. The molecule has 35 heavy (non-hydrogen) atoms. The summed E-state index contributed by atoms with van der Waals surface area (Å²) in [6.07, 6.45) is 15.3. The minimum atomic E-state index is -0.333. The Morgan fingerprint density at radius 2 is 1.94 bits per heavy atom.